The van der Waals surface area contributed by atoms with Crippen molar-refractivity contribution in [2.24, 2.45) is 5.92 Å². The van der Waals surface area contributed by atoms with E-state index in [1.165, 1.54) is 0 Å². The maximum atomic E-state index is 10.9. The monoisotopic (exact) mass is 217 g/mol. The summed E-state index contributed by atoms with van der Waals surface area (Å²) in [5.41, 5.74) is 2.36. The van der Waals surface area contributed by atoms with Crippen molar-refractivity contribution in [2.45, 2.75) is 27.2 Å². The van der Waals surface area contributed by atoms with Crippen LogP contribution in [0.4, 0.5) is 0 Å². The Labute approximate surface area is 94.1 Å². The Morgan fingerprint density at radius 1 is 1.44 bits per heavy atom. The summed E-state index contributed by atoms with van der Waals surface area (Å²) in [6.45, 7) is 6.14. The fraction of sp³-hybridized carbons (Fsp3) is 0.417. The highest BCUT2D eigenvalue weighted by atomic mass is 16.1. The first-order valence-electron chi connectivity index (χ1n) is 5.41. The van der Waals surface area contributed by atoms with Crippen molar-refractivity contribution in [1.29, 1.82) is 0 Å². The number of aromatic amines is 1. The van der Waals surface area contributed by atoms with Gasteiger partial charge in [0.25, 0.3) is 0 Å². The van der Waals surface area contributed by atoms with Gasteiger partial charge in [0.2, 0.25) is 0 Å². The molecule has 0 saturated heterocycles. The Hall–Kier alpha value is -1.71. The smallest absolute Gasteiger partial charge is 0.152 e. The van der Waals surface area contributed by atoms with Crippen molar-refractivity contribution in [3.8, 4) is 0 Å². The standard InChI is InChI=1S/C12H15N3O/c1-7(2)4-10-11-9(6-16)5-13-12(11)15-8(3)14-10/h5-7H,4H2,1-3H3,(H,13,14,15). The molecule has 0 aliphatic heterocycles. The molecular formula is C12H15N3O. The quantitative estimate of drug-likeness (QED) is 0.802. The molecule has 4 nitrogen and oxygen atoms in total. The van der Waals surface area contributed by atoms with Crippen LogP contribution in [-0.2, 0) is 6.42 Å². The highest BCUT2D eigenvalue weighted by Gasteiger charge is 2.12. The summed E-state index contributed by atoms with van der Waals surface area (Å²) in [4.78, 5) is 22.7. The molecule has 1 N–H and O–H groups in total. The van der Waals surface area contributed by atoms with Crippen LogP contribution in [0.5, 0.6) is 0 Å². The fourth-order valence-corrected chi connectivity index (χ4v) is 1.88. The zero-order valence-electron chi connectivity index (χ0n) is 9.74. The SMILES string of the molecule is Cc1nc(CC(C)C)c2c(C=O)c[nH]c2n1. The van der Waals surface area contributed by atoms with Crippen LogP contribution in [-0.4, -0.2) is 21.2 Å². The summed E-state index contributed by atoms with van der Waals surface area (Å²) in [6, 6.07) is 0. The summed E-state index contributed by atoms with van der Waals surface area (Å²) in [5, 5.41) is 0.870. The number of H-pyrrole nitrogens is 1. The molecule has 2 rings (SSSR count). The Balaban J connectivity index is 2.67. The minimum Gasteiger partial charge on any atom is -0.345 e. The third-order valence-electron chi connectivity index (χ3n) is 2.48. The molecule has 2 aromatic rings. The topological polar surface area (TPSA) is 58.6 Å². The highest BCUT2D eigenvalue weighted by Crippen LogP contribution is 2.21. The number of carbonyl (C=O) groups excluding carboxylic acids is 1. The van der Waals surface area contributed by atoms with Crippen LogP contribution in [0.1, 0.15) is 35.7 Å². The van der Waals surface area contributed by atoms with E-state index in [2.05, 4.69) is 28.8 Å². The molecule has 2 aromatic heterocycles. The van der Waals surface area contributed by atoms with E-state index in [0.29, 0.717) is 11.5 Å². The van der Waals surface area contributed by atoms with Crippen molar-refractivity contribution in [3.63, 3.8) is 0 Å². The zero-order valence-corrected chi connectivity index (χ0v) is 9.74. The van der Waals surface area contributed by atoms with Gasteiger partial charge < -0.3 is 4.98 Å². The third kappa shape index (κ3) is 1.83. The van der Waals surface area contributed by atoms with Gasteiger partial charge in [0.15, 0.2) is 6.29 Å². The number of carbonyl (C=O) groups is 1. The summed E-state index contributed by atoms with van der Waals surface area (Å²) < 4.78 is 0. The van der Waals surface area contributed by atoms with Crippen LogP contribution < -0.4 is 0 Å². The van der Waals surface area contributed by atoms with Gasteiger partial charge in [0.05, 0.1) is 11.1 Å². The van der Waals surface area contributed by atoms with E-state index >= 15 is 0 Å². The minimum atomic E-state index is 0.506. The summed E-state index contributed by atoms with van der Waals surface area (Å²) in [5.74, 6) is 1.24. The van der Waals surface area contributed by atoms with Gasteiger partial charge in [0.1, 0.15) is 11.5 Å². The van der Waals surface area contributed by atoms with Crippen molar-refractivity contribution < 1.29 is 4.79 Å². The lowest BCUT2D eigenvalue weighted by Gasteiger charge is -2.06. The molecule has 0 saturated carbocycles. The van der Waals surface area contributed by atoms with Gasteiger partial charge in [-0.2, -0.15) is 0 Å². The van der Waals surface area contributed by atoms with E-state index < -0.39 is 0 Å². The molecule has 0 fully saturated rings. The third-order valence-corrected chi connectivity index (χ3v) is 2.48. The molecule has 0 aliphatic rings. The molecular weight excluding hydrogens is 202 g/mol. The second-order valence-corrected chi connectivity index (χ2v) is 4.40. The average Bonchev–Trinajstić information content (AvgIpc) is 2.59. The first-order valence-corrected chi connectivity index (χ1v) is 5.41. The van der Waals surface area contributed by atoms with E-state index in [1.54, 1.807) is 6.20 Å². The number of nitrogens with one attached hydrogen (secondary N) is 1. The second-order valence-electron chi connectivity index (χ2n) is 4.40. The van der Waals surface area contributed by atoms with Crippen LogP contribution >= 0.6 is 0 Å². The van der Waals surface area contributed by atoms with Gasteiger partial charge in [-0.25, -0.2) is 9.97 Å². The Bertz CT molecular complexity index is 528. The molecule has 0 unspecified atom stereocenters. The number of fused-ring (bicyclic) bond motifs is 1. The predicted octanol–water partition coefficient (Wildman–Crippen LogP) is 2.28. The van der Waals surface area contributed by atoms with Crippen LogP contribution in [0.2, 0.25) is 0 Å². The van der Waals surface area contributed by atoms with Crippen LogP contribution in [0.15, 0.2) is 6.20 Å². The molecule has 0 amide bonds. The average molecular weight is 217 g/mol. The maximum absolute atomic E-state index is 10.9. The number of aryl methyl sites for hydroxylation is 1. The Morgan fingerprint density at radius 3 is 2.81 bits per heavy atom. The van der Waals surface area contributed by atoms with E-state index in [0.717, 1.165) is 35.3 Å². The molecule has 84 valence electrons. The van der Waals surface area contributed by atoms with Gasteiger partial charge in [0, 0.05) is 11.8 Å². The number of rotatable bonds is 3. The molecule has 0 aliphatic carbocycles. The molecule has 16 heavy (non-hydrogen) atoms. The number of nitrogens with zero attached hydrogens (tertiary/aromatic N) is 2. The van der Waals surface area contributed by atoms with Crippen molar-refractivity contribution >= 4 is 17.3 Å². The maximum Gasteiger partial charge on any atom is 0.152 e. The van der Waals surface area contributed by atoms with E-state index in [1.807, 2.05) is 6.92 Å². The van der Waals surface area contributed by atoms with Crippen molar-refractivity contribution in [3.05, 3.63) is 23.3 Å². The van der Waals surface area contributed by atoms with Crippen LogP contribution in [0, 0.1) is 12.8 Å². The van der Waals surface area contributed by atoms with Crippen molar-refractivity contribution in [2.75, 3.05) is 0 Å². The molecule has 0 atom stereocenters. The first-order chi connectivity index (χ1) is 7.61. The van der Waals surface area contributed by atoms with Gasteiger partial charge >= 0.3 is 0 Å². The minimum absolute atomic E-state index is 0.506. The van der Waals surface area contributed by atoms with Gasteiger partial charge in [-0.1, -0.05) is 13.8 Å². The van der Waals surface area contributed by atoms with E-state index in [4.69, 9.17) is 0 Å². The first kappa shape index (κ1) is 10.8. The van der Waals surface area contributed by atoms with Gasteiger partial charge in [-0.15, -0.1) is 0 Å². The normalized spacial score (nSPS) is 11.2. The van der Waals surface area contributed by atoms with Crippen LogP contribution in [0.3, 0.4) is 0 Å². The highest BCUT2D eigenvalue weighted by molar-refractivity contribution is 5.97. The zero-order chi connectivity index (χ0) is 11.7. The molecule has 0 radical (unpaired) electrons. The van der Waals surface area contributed by atoms with Crippen molar-refractivity contribution in [1.82, 2.24) is 15.0 Å². The lowest BCUT2D eigenvalue weighted by molar-refractivity contribution is 0.112. The predicted molar refractivity (Wildman–Crippen MR) is 62.6 cm³/mol. The summed E-state index contributed by atoms with van der Waals surface area (Å²) in [7, 11) is 0. The molecule has 0 spiro atoms. The largest absolute Gasteiger partial charge is 0.345 e. The number of aromatic nitrogens is 3. The molecule has 2 heterocycles. The van der Waals surface area contributed by atoms with E-state index in [9.17, 15) is 4.79 Å². The lowest BCUT2D eigenvalue weighted by atomic mass is 10.0. The Kier molecular flexibility index (Phi) is 2.73. The lowest BCUT2D eigenvalue weighted by Crippen LogP contribution is -2.02. The fourth-order valence-electron chi connectivity index (χ4n) is 1.88. The molecule has 0 bridgehead atoms. The van der Waals surface area contributed by atoms with Gasteiger partial charge in [-0.3, -0.25) is 4.79 Å². The number of aldehydes is 1. The number of hydrogen-bond donors (Lipinski definition) is 1. The summed E-state index contributed by atoms with van der Waals surface area (Å²) >= 11 is 0. The van der Waals surface area contributed by atoms with Crippen LogP contribution in [0.25, 0.3) is 11.0 Å². The molecule has 0 aromatic carbocycles. The van der Waals surface area contributed by atoms with Gasteiger partial charge in [-0.05, 0) is 19.3 Å². The summed E-state index contributed by atoms with van der Waals surface area (Å²) in [6.07, 6.45) is 3.40. The Morgan fingerprint density at radius 2 is 2.19 bits per heavy atom. The van der Waals surface area contributed by atoms with E-state index in [-0.39, 0.29) is 0 Å². The molecule has 4 heteroatoms. The number of hydrogen-bond acceptors (Lipinski definition) is 3. The second kappa shape index (κ2) is 4.04.